The first-order valence-electron chi connectivity index (χ1n) is 7.94. The Kier molecular flexibility index (Phi) is 5.28. The number of aryl methyl sites for hydroxylation is 1. The zero-order valence-electron chi connectivity index (χ0n) is 14.4. The molecule has 0 radical (unpaired) electrons. The topological polar surface area (TPSA) is 57.7 Å². The van der Waals surface area contributed by atoms with Crippen LogP contribution in [-0.4, -0.2) is 56.1 Å². The van der Waals surface area contributed by atoms with Crippen molar-refractivity contribution in [3.63, 3.8) is 0 Å². The third-order valence-electron chi connectivity index (χ3n) is 4.25. The fraction of sp³-hybridized carbons (Fsp3) is 0.588. The van der Waals surface area contributed by atoms with Crippen molar-refractivity contribution in [3.8, 4) is 0 Å². The van der Waals surface area contributed by atoms with Crippen molar-refractivity contribution in [2.45, 2.75) is 32.6 Å². The van der Waals surface area contributed by atoms with E-state index in [4.69, 9.17) is 0 Å². The molecule has 0 bridgehead atoms. The molecule has 0 unspecified atom stereocenters. The van der Waals surface area contributed by atoms with E-state index < -0.39 is 10.0 Å². The van der Waals surface area contributed by atoms with Crippen LogP contribution in [0.15, 0.2) is 29.2 Å². The second-order valence-corrected chi connectivity index (χ2v) is 9.03. The monoisotopic (exact) mass is 338 g/mol. The van der Waals surface area contributed by atoms with Gasteiger partial charge in [0.2, 0.25) is 10.0 Å². The minimum Gasteiger partial charge on any atom is -0.298 e. The van der Waals surface area contributed by atoms with E-state index in [1.54, 1.807) is 12.1 Å². The summed E-state index contributed by atoms with van der Waals surface area (Å²) >= 11 is 0. The lowest BCUT2D eigenvalue weighted by Gasteiger charge is -2.34. The van der Waals surface area contributed by atoms with E-state index in [0.717, 1.165) is 5.56 Å². The molecule has 1 aliphatic rings. The maximum absolute atomic E-state index is 12.7. The number of ketones is 1. The first-order valence-corrected chi connectivity index (χ1v) is 9.38. The highest BCUT2D eigenvalue weighted by atomic mass is 32.2. The second-order valence-electron chi connectivity index (χ2n) is 7.12. The molecular formula is C17H26N2O3S. The van der Waals surface area contributed by atoms with Crippen molar-refractivity contribution in [3.05, 3.63) is 29.8 Å². The van der Waals surface area contributed by atoms with Crippen LogP contribution in [0.1, 0.15) is 26.3 Å². The van der Waals surface area contributed by atoms with E-state index >= 15 is 0 Å². The van der Waals surface area contributed by atoms with E-state index in [0.29, 0.717) is 37.6 Å². The number of rotatable bonds is 4. The average Bonchev–Trinajstić information content (AvgIpc) is 2.47. The molecule has 1 heterocycles. The number of Topliss-reactive ketones (excluding diaryl/α,β-unsaturated/α-hetero) is 1. The van der Waals surface area contributed by atoms with Gasteiger partial charge in [-0.3, -0.25) is 9.69 Å². The van der Waals surface area contributed by atoms with Crippen LogP contribution in [0.5, 0.6) is 0 Å². The van der Waals surface area contributed by atoms with Gasteiger partial charge in [-0.25, -0.2) is 8.42 Å². The van der Waals surface area contributed by atoms with E-state index in [1.165, 1.54) is 4.31 Å². The minimum atomic E-state index is -3.45. The normalized spacial score (nSPS) is 18.1. The lowest BCUT2D eigenvalue weighted by molar-refractivity contribution is -0.127. The van der Waals surface area contributed by atoms with Crippen molar-refractivity contribution in [2.75, 3.05) is 32.7 Å². The van der Waals surface area contributed by atoms with Crippen LogP contribution in [0.3, 0.4) is 0 Å². The molecule has 1 saturated heterocycles. The summed E-state index contributed by atoms with van der Waals surface area (Å²) < 4.78 is 27.0. The Labute approximate surface area is 139 Å². The molecule has 5 nitrogen and oxygen atoms in total. The van der Waals surface area contributed by atoms with Crippen LogP contribution in [0.25, 0.3) is 0 Å². The van der Waals surface area contributed by atoms with Crippen LogP contribution in [0.4, 0.5) is 0 Å². The standard InChI is InChI=1S/C17H26N2O3S/c1-14-7-5-6-8-15(14)23(21,22)19-11-9-18(10-12-19)13-16(20)17(2,3)4/h5-8H,9-13H2,1-4H3. The van der Waals surface area contributed by atoms with Gasteiger partial charge >= 0.3 is 0 Å². The predicted octanol–water partition coefficient (Wildman–Crippen LogP) is 1.92. The third-order valence-corrected chi connectivity index (χ3v) is 6.31. The van der Waals surface area contributed by atoms with E-state index in [2.05, 4.69) is 0 Å². The number of hydrogen-bond donors (Lipinski definition) is 0. The molecule has 6 heteroatoms. The van der Waals surface area contributed by atoms with E-state index in [9.17, 15) is 13.2 Å². The van der Waals surface area contributed by atoms with Gasteiger partial charge in [-0.1, -0.05) is 39.0 Å². The molecule has 23 heavy (non-hydrogen) atoms. The smallest absolute Gasteiger partial charge is 0.243 e. The summed E-state index contributed by atoms with van der Waals surface area (Å²) in [4.78, 5) is 14.5. The molecule has 2 rings (SSSR count). The summed E-state index contributed by atoms with van der Waals surface area (Å²) in [6.45, 7) is 9.96. The third kappa shape index (κ3) is 4.19. The molecule has 0 spiro atoms. The van der Waals surface area contributed by atoms with Crippen molar-refractivity contribution in [2.24, 2.45) is 5.41 Å². The Bertz CT molecular complexity index is 669. The van der Waals surface area contributed by atoms with Crippen LogP contribution < -0.4 is 0 Å². The summed E-state index contributed by atoms with van der Waals surface area (Å²) in [6, 6.07) is 7.05. The molecule has 0 atom stereocenters. The summed E-state index contributed by atoms with van der Waals surface area (Å²) in [5.41, 5.74) is 0.405. The van der Waals surface area contributed by atoms with Gasteiger partial charge in [0.25, 0.3) is 0 Å². The van der Waals surface area contributed by atoms with Crippen molar-refractivity contribution >= 4 is 15.8 Å². The first kappa shape index (κ1) is 18.1. The van der Waals surface area contributed by atoms with Crippen LogP contribution >= 0.6 is 0 Å². The Morgan fingerprint density at radius 1 is 1.09 bits per heavy atom. The molecule has 0 amide bonds. The molecule has 0 N–H and O–H groups in total. The fourth-order valence-electron chi connectivity index (χ4n) is 2.55. The van der Waals surface area contributed by atoms with Crippen LogP contribution in [0, 0.1) is 12.3 Å². The number of benzene rings is 1. The molecule has 128 valence electrons. The van der Waals surface area contributed by atoms with Gasteiger partial charge < -0.3 is 0 Å². The number of carbonyl (C=O) groups is 1. The highest BCUT2D eigenvalue weighted by molar-refractivity contribution is 7.89. The zero-order chi connectivity index (χ0) is 17.3. The largest absolute Gasteiger partial charge is 0.298 e. The molecule has 0 aromatic heterocycles. The van der Waals surface area contributed by atoms with Crippen LogP contribution in [-0.2, 0) is 14.8 Å². The summed E-state index contributed by atoms with van der Waals surface area (Å²) in [5, 5.41) is 0. The molecule has 1 fully saturated rings. The highest BCUT2D eigenvalue weighted by Gasteiger charge is 2.31. The van der Waals surface area contributed by atoms with Gasteiger partial charge in [0.1, 0.15) is 0 Å². The van der Waals surface area contributed by atoms with Gasteiger partial charge in [-0.05, 0) is 18.6 Å². The quantitative estimate of drug-likeness (QED) is 0.841. The first-order chi connectivity index (χ1) is 10.6. The van der Waals surface area contributed by atoms with E-state index in [1.807, 2.05) is 44.7 Å². The number of sulfonamides is 1. The van der Waals surface area contributed by atoms with Crippen molar-refractivity contribution in [1.29, 1.82) is 0 Å². The summed E-state index contributed by atoms with van der Waals surface area (Å²) in [7, 11) is -3.45. The SMILES string of the molecule is Cc1ccccc1S(=O)(=O)N1CCN(CC(=O)C(C)(C)C)CC1. The Morgan fingerprint density at radius 2 is 1.65 bits per heavy atom. The Morgan fingerprint density at radius 3 is 2.17 bits per heavy atom. The highest BCUT2D eigenvalue weighted by Crippen LogP contribution is 2.21. The van der Waals surface area contributed by atoms with Crippen molar-refractivity contribution in [1.82, 2.24) is 9.21 Å². The lowest BCUT2D eigenvalue weighted by Crippen LogP contribution is -2.50. The molecule has 1 aliphatic heterocycles. The average molecular weight is 338 g/mol. The Hall–Kier alpha value is -1.24. The van der Waals surface area contributed by atoms with Crippen molar-refractivity contribution < 1.29 is 13.2 Å². The number of carbonyl (C=O) groups excluding carboxylic acids is 1. The molecule has 0 saturated carbocycles. The van der Waals surface area contributed by atoms with Gasteiger partial charge in [0.05, 0.1) is 11.4 Å². The lowest BCUT2D eigenvalue weighted by atomic mass is 9.90. The number of piperazine rings is 1. The second kappa shape index (κ2) is 6.71. The van der Waals surface area contributed by atoms with Gasteiger partial charge in [0, 0.05) is 31.6 Å². The summed E-state index contributed by atoms with van der Waals surface area (Å²) in [6.07, 6.45) is 0. The number of hydrogen-bond acceptors (Lipinski definition) is 4. The van der Waals surface area contributed by atoms with Crippen LogP contribution in [0.2, 0.25) is 0 Å². The minimum absolute atomic E-state index is 0.188. The number of nitrogens with zero attached hydrogens (tertiary/aromatic N) is 2. The van der Waals surface area contributed by atoms with Gasteiger partial charge in [0.15, 0.2) is 5.78 Å². The molecule has 1 aromatic rings. The van der Waals surface area contributed by atoms with Gasteiger partial charge in [-0.2, -0.15) is 4.31 Å². The zero-order valence-corrected chi connectivity index (χ0v) is 15.2. The maximum atomic E-state index is 12.7. The fourth-order valence-corrected chi connectivity index (χ4v) is 4.20. The maximum Gasteiger partial charge on any atom is 0.243 e. The molecular weight excluding hydrogens is 312 g/mol. The van der Waals surface area contributed by atoms with Gasteiger partial charge in [-0.15, -0.1) is 0 Å². The molecule has 0 aliphatic carbocycles. The van der Waals surface area contributed by atoms with E-state index in [-0.39, 0.29) is 11.2 Å². The molecule has 1 aromatic carbocycles. The Balaban J connectivity index is 2.02. The summed E-state index contributed by atoms with van der Waals surface area (Å²) in [5.74, 6) is 0.188. The predicted molar refractivity (Wildman–Crippen MR) is 90.8 cm³/mol.